The van der Waals surface area contributed by atoms with Gasteiger partial charge in [0.2, 0.25) is 0 Å². The molecule has 0 saturated carbocycles. The highest BCUT2D eigenvalue weighted by atomic mass is 16.5. The molecule has 1 N–H and O–H groups in total. The number of amides is 1. The number of hydrogen-bond donors (Lipinski definition) is 1. The van der Waals surface area contributed by atoms with Gasteiger partial charge in [-0.1, -0.05) is 5.16 Å². The van der Waals surface area contributed by atoms with Crippen molar-refractivity contribution in [3.05, 3.63) is 65.9 Å². The molecule has 1 amide bonds. The predicted octanol–water partition coefficient (Wildman–Crippen LogP) is 3.01. The van der Waals surface area contributed by atoms with E-state index in [4.69, 9.17) is 9.26 Å². The zero-order valence-corrected chi connectivity index (χ0v) is 19.8. The van der Waals surface area contributed by atoms with Crippen LogP contribution in [0.5, 0.6) is 5.75 Å². The number of rotatable bonds is 5. The fraction of sp³-hybridized carbons (Fsp3) is 0.360. The first-order chi connectivity index (χ1) is 16.9. The van der Waals surface area contributed by atoms with Gasteiger partial charge in [0.05, 0.1) is 23.8 Å². The van der Waals surface area contributed by atoms with Crippen LogP contribution in [0.2, 0.25) is 0 Å². The summed E-state index contributed by atoms with van der Waals surface area (Å²) in [4.78, 5) is 22.3. The molecule has 0 atom stereocenters. The van der Waals surface area contributed by atoms with Gasteiger partial charge >= 0.3 is 0 Å². The predicted molar refractivity (Wildman–Crippen MR) is 130 cm³/mol. The lowest BCUT2D eigenvalue weighted by Crippen LogP contribution is -2.46. The quantitative estimate of drug-likeness (QED) is 0.472. The van der Waals surface area contributed by atoms with Gasteiger partial charge in [0.25, 0.3) is 5.91 Å². The van der Waals surface area contributed by atoms with Gasteiger partial charge in [-0.15, -0.1) is 0 Å². The van der Waals surface area contributed by atoms with E-state index in [0.29, 0.717) is 11.2 Å². The first kappa shape index (κ1) is 21.6. The molecule has 0 bridgehead atoms. The highest BCUT2D eigenvalue weighted by molar-refractivity contribution is 6.09. The summed E-state index contributed by atoms with van der Waals surface area (Å²) in [6.45, 7) is 8.41. The second-order valence-electron chi connectivity index (χ2n) is 9.71. The van der Waals surface area contributed by atoms with E-state index < -0.39 is 0 Å². The van der Waals surface area contributed by atoms with Crippen molar-refractivity contribution < 1.29 is 14.1 Å². The van der Waals surface area contributed by atoms with Gasteiger partial charge in [-0.2, -0.15) is 5.10 Å². The Balaban J connectivity index is 1.27. The van der Waals surface area contributed by atoms with Gasteiger partial charge in [-0.3, -0.25) is 9.69 Å². The number of nitrogens with one attached hydrogen (secondary N) is 1. The zero-order valence-electron chi connectivity index (χ0n) is 19.8. The SMILES string of the molecule is CC1(C)Cc2cc(NC(=O)c3cnn4cccnc34)c(N3CCN(Cc4cnoc4)CC3)cc2O1. The molecule has 0 unspecified atom stereocenters. The molecular formula is C25H27N7O3. The highest BCUT2D eigenvalue weighted by Crippen LogP contribution is 2.42. The van der Waals surface area contributed by atoms with Gasteiger partial charge in [-0.25, -0.2) is 9.50 Å². The van der Waals surface area contributed by atoms with Crippen molar-refractivity contribution in [1.82, 2.24) is 24.7 Å². The van der Waals surface area contributed by atoms with Crippen molar-refractivity contribution in [2.75, 3.05) is 36.4 Å². The molecule has 0 spiro atoms. The molecule has 5 heterocycles. The maximum absolute atomic E-state index is 13.3. The van der Waals surface area contributed by atoms with Gasteiger partial charge in [0.1, 0.15) is 23.2 Å². The van der Waals surface area contributed by atoms with Crippen molar-refractivity contribution in [2.24, 2.45) is 0 Å². The number of hydrogen-bond acceptors (Lipinski definition) is 8. The summed E-state index contributed by atoms with van der Waals surface area (Å²) in [5.41, 5.74) is 4.60. The van der Waals surface area contributed by atoms with Gasteiger partial charge in [0, 0.05) is 68.7 Å². The van der Waals surface area contributed by atoms with E-state index in [1.54, 1.807) is 41.6 Å². The van der Waals surface area contributed by atoms with Crippen LogP contribution >= 0.6 is 0 Å². The molecule has 4 aromatic rings. The van der Waals surface area contributed by atoms with Crippen LogP contribution in [0, 0.1) is 0 Å². The monoisotopic (exact) mass is 473 g/mol. The first-order valence-corrected chi connectivity index (χ1v) is 11.8. The number of ether oxygens (including phenoxy) is 1. The van der Waals surface area contributed by atoms with Crippen molar-refractivity contribution >= 4 is 22.9 Å². The van der Waals surface area contributed by atoms with Crippen LogP contribution in [0.3, 0.4) is 0 Å². The van der Waals surface area contributed by atoms with E-state index >= 15 is 0 Å². The molecule has 180 valence electrons. The summed E-state index contributed by atoms with van der Waals surface area (Å²) in [5, 5.41) is 11.2. The van der Waals surface area contributed by atoms with Crippen LogP contribution < -0.4 is 15.0 Å². The van der Waals surface area contributed by atoms with Crippen LogP contribution in [0.25, 0.3) is 5.65 Å². The fourth-order valence-electron chi connectivity index (χ4n) is 4.89. The molecule has 1 saturated heterocycles. The molecule has 2 aliphatic rings. The number of piperazine rings is 1. The molecule has 0 aliphatic carbocycles. The van der Waals surface area contributed by atoms with Crippen molar-refractivity contribution in [3.8, 4) is 5.75 Å². The van der Waals surface area contributed by atoms with E-state index in [1.165, 1.54) is 0 Å². The third-order valence-electron chi connectivity index (χ3n) is 6.56. The summed E-state index contributed by atoms with van der Waals surface area (Å²) >= 11 is 0. The summed E-state index contributed by atoms with van der Waals surface area (Å²) in [5.74, 6) is 0.650. The lowest BCUT2D eigenvalue weighted by molar-refractivity contribution is 0.102. The van der Waals surface area contributed by atoms with E-state index in [2.05, 4.69) is 56.3 Å². The Morgan fingerprint density at radius 2 is 2.03 bits per heavy atom. The van der Waals surface area contributed by atoms with Crippen molar-refractivity contribution in [2.45, 2.75) is 32.4 Å². The Morgan fingerprint density at radius 3 is 2.83 bits per heavy atom. The largest absolute Gasteiger partial charge is 0.487 e. The zero-order chi connectivity index (χ0) is 24.0. The number of carbonyl (C=O) groups is 1. The highest BCUT2D eigenvalue weighted by Gasteiger charge is 2.32. The summed E-state index contributed by atoms with van der Waals surface area (Å²) in [7, 11) is 0. The second kappa shape index (κ2) is 8.38. The van der Waals surface area contributed by atoms with E-state index in [-0.39, 0.29) is 11.5 Å². The maximum atomic E-state index is 13.3. The first-order valence-electron chi connectivity index (χ1n) is 11.8. The van der Waals surface area contributed by atoms with Crippen LogP contribution in [0.4, 0.5) is 11.4 Å². The van der Waals surface area contributed by atoms with Gasteiger partial charge in [-0.05, 0) is 26.0 Å². The molecule has 0 radical (unpaired) electrons. The molecular weight excluding hydrogens is 446 g/mol. The number of carbonyl (C=O) groups excluding carboxylic acids is 1. The summed E-state index contributed by atoms with van der Waals surface area (Å²) < 4.78 is 12.8. The average molecular weight is 474 g/mol. The topological polar surface area (TPSA) is 101 Å². The molecule has 6 rings (SSSR count). The Hall–Kier alpha value is -3.92. The molecule has 10 heteroatoms. The number of nitrogens with zero attached hydrogens (tertiary/aromatic N) is 6. The van der Waals surface area contributed by atoms with E-state index in [1.807, 2.05) is 0 Å². The summed E-state index contributed by atoms with van der Waals surface area (Å²) in [6.07, 6.45) is 9.23. The smallest absolute Gasteiger partial charge is 0.261 e. The molecule has 2 aliphatic heterocycles. The van der Waals surface area contributed by atoms with Gasteiger partial charge in [0.15, 0.2) is 5.65 Å². The van der Waals surface area contributed by atoms with Crippen LogP contribution in [-0.2, 0) is 13.0 Å². The number of benzene rings is 1. The lowest BCUT2D eigenvalue weighted by Gasteiger charge is -2.37. The molecule has 3 aromatic heterocycles. The van der Waals surface area contributed by atoms with Crippen LogP contribution in [0.15, 0.2) is 53.8 Å². The molecule has 10 nitrogen and oxygen atoms in total. The Kier molecular flexibility index (Phi) is 5.18. The summed E-state index contributed by atoms with van der Waals surface area (Å²) in [6, 6.07) is 5.91. The lowest BCUT2D eigenvalue weighted by atomic mass is 10.0. The minimum absolute atomic E-state index is 0.232. The second-order valence-corrected chi connectivity index (χ2v) is 9.71. The van der Waals surface area contributed by atoms with Crippen LogP contribution in [-0.4, -0.2) is 62.3 Å². The van der Waals surface area contributed by atoms with E-state index in [0.717, 1.165) is 67.4 Å². The standard InChI is InChI=1S/C25H27N7O3/c1-25(2)12-18-10-20(29-24(33)19-14-27-32-5-3-4-26-23(19)32)21(11-22(18)35-25)31-8-6-30(7-9-31)15-17-13-28-34-16-17/h3-5,10-11,13-14,16H,6-9,12,15H2,1-2H3,(H,29,33). The fourth-order valence-corrected chi connectivity index (χ4v) is 4.89. The Morgan fingerprint density at radius 1 is 1.17 bits per heavy atom. The molecule has 1 aromatic carbocycles. The minimum Gasteiger partial charge on any atom is -0.487 e. The van der Waals surface area contributed by atoms with Crippen molar-refractivity contribution in [3.63, 3.8) is 0 Å². The normalized spacial score (nSPS) is 17.4. The Bertz CT molecular complexity index is 1370. The third-order valence-corrected chi connectivity index (χ3v) is 6.56. The Labute approximate surface area is 202 Å². The molecule has 35 heavy (non-hydrogen) atoms. The molecule has 1 fully saturated rings. The third kappa shape index (κ3) is 4.21. The van der Waals surface area contributed by atoms with Gasteiger partial charge < -0.3 is 19.5 Å². The number of fused-ring (bicyclic) bond motifs is 2. The van der Waals surface area contributed by atoms with Crippen LogP contribution in [0.1, 0.15) is 35.3 Å². The number of anilines is 2. The minimum atomic E-state index is -0.272. The van der Waals surface area contributed by atoms with Crippen molar-refractivity contribution in [1.29, 1.82) is 0 Å². The maximum Gasteiger partial charge on any atom is 0.261 e. The number of aromatic nitrogens is 4. The van der Waals surface area contributed by atoms with E-state index in [9.17, 15) is 4.79 Å². The average Bonchev–Trinajstić information content (AvgIpc) is 3.56.